The molecule has 0 spiro atoms. The first kappa shape index (κ1) is 26.1. The van der Waals surface area contributed by atoms with E-state index in [0.717, 1.165) is 0 Å². The summed E-state index contributed by atoms with van der Waals surface area (Å²) in [6.45, 7) is 9.59. The zero-order valence-electron chi connectivity index (χ0n) is 15.1. The maximum atomic E-state index is 3.57. The average molecular weight is 382 g/mol. The molecular weight excluding hydrogens is 344 g/mol. The van der Waals surface area contributed by atoms with Crippen molar-refractivity contribution in [3.63, 3.8) is 0 Å². The largest absolute Gasteiger partial charge is 2.00 e. The quantitative estimate of drug-likeness (QED) is 0.462. The van der Waals surface area contributed by atoms with Crippen LogP contribution < -0.4 is 28.4 Å². The minimum Gasteiger partial charge on any atom is -1.00 e. The summed E-state index contributed by atoms with van der Waals surface area (Å²) in [6.07, 6.45) is 10.5. The number of hydrogen-bond donors (Lipinski definition) is 3. The van der Waals surface area contributed by atoms with E-state index in [-0.39, 0.29) is 34.1 Å². The molecule has 1 aliphatic heterocycles. The predicted molar refractivity (Wildman–Crippen MR) is 93.0 cm³/mol. The van der Waals surface area contributed by atoms with Crippen molar-refractivity contribution in [2.24, 2.45) is 0 Å². The zero-order chi connectivity index (χ0) is 15.0. The van der Waals surface area contributed by atoms with Gasteiger partial charge in [0, 0.05) is 0 Å². The van der Waals surface area contributed by atoms with Gasteiger partial charge in [0.1, 0.15) is 0 Å². The van der Waals surface area contributed by atoms with E-state index < -0.39 is 0 Å². The van der Waals surface area contributed by atoms with Crippen LogP contribution in [0.2, 0.25) is 0 Å². The smallest absolute Gasteiger partial charge is 1.00 e. The standard InChI is InChI=1S/C17H38N4.ClH.Ti/c1-21-16-8-6-14-19-12-4-2-10-18-11-3-5-13-20-15-7-9-17-21;;/h18-20H,2-17H2,1H3;1H;/q;;+2/p-1. The van der Waals surface area contributed by atoms with Gasteiger partial charge in [0.2, 0.25) is 0 Å². The van der Waals surface area contributed by atoms with Gasteiger partial charge in [-0.15, -0.1) is 0 Å². The molecule has 0 bridgehead atoms. The molecule has 6 heteroatoms. The second-order valence-electron chi connectivity index (χ2n) is 6.38. The average Bonchev–Trinajstić information content (AvgIpc) is 2.48. The fourth-order valence-electron chi connectivity index (χ4n) is 2.75. The van der Waals surface area contributed by atoms with Crippen molar-refractivity contribution in [1.82, 2.24) is 20.9 Å². The van der Waals surface area contributed by atoms with Crippen LogP contribution in [0.1, 0.15) is 51.4 Å². The molecule has 1 fully saturated rings. The van der Waals surface area contributed by atoms with E-state index in [1.807, 2.05) is 0 Å². The van der Waals surface area contributed by atoms with Gasteiger partial charge in [-0.05, 0) is 111 Å². The third-order valence-electron chi connectivity index (χ3n) is 4.20. The minimum absolute atomic E-state index is 0. The molecule has 0 unspecified atom stereocenters. The molecule has 1 rings (SSSR count). The third kappa shape index (κ3) is 19.0. The summed E-state index contributed by atoms with van der Waals surface area (Å²) in [5.41, 5.74) is 0. The molecule has 1 heterocycles. The Kier molecular flexibility index (Phi) is 23.7. The Hall–Kier alpha value is 0.844. The molecule has 0 amide bonds. The Morgan fingerprint density at radius 2 is 0.783 bits per heavy atom. The molecule has 0 aromatic carbocycles. The minimum atomic E-state index is 0. The van der Waals surface area contributed by atoms with Gasteiger partial charge in [-0.1, -0.05) is 0 Å². The van der Waals surface area contributed by atoms with Crippen molar-refractivity contribution in [1.29, 1.82) is 0 Å². The van der Waals surface area contributed by atoms with Crippen LogP contribution in [0.15, 0.2) is 0 Å². The summed E-state index contributed by atoms with van der Waals surface area (Å²) in [5.74, 6) is 0. The Bertz CT molecular complexity index is 203. The number of nitrogens with one attached hydrogen (secondary N) is 3. The molecule has 0 aliphatic carbocycles. The molecule has 136 valence electrons. The van der Waals surface area contributed by atoms with Crippen molar-refractivity contribution in [2.75, 3.05) is 59.4 Å². The van der Waals surface area contributed by atoms with Crippen molar-refractivity contribution >= 4 is 0 Å². The molecule has 23 heavy (non-hydrogen) atoms. The molecule has 1 aliphatic rings. The van der Waals surface area contributed by atoms with Crippen LogP contribution in [0.5, 0.6) is 0 Å². The second-order valence-corrected chi connectivity index (χ2v) is 6.38. The van der Waals surface area contributed by atoms with E-state index in [4.69, 9.17) is 0 Å². The van der Waals surface area contributed by atoms with Crippen LogP contribution in [0.4, 0.5) is 0 Å². The number of halogens is 1. The van der Waals surface area contributed by atoms with Crippen LogP contribution in [-0.4, -0.2) is 64.3 Å². The Morgan fingerprint density at radius 1 is 0.522 bits per heavy atom. The fraction of sp³-hybridized carbons (Fsp3) is 1.00. The molecule has 0 atom stereocenters. The van der Waals surface area contributed by atoms with Gasteiger partial charge in [0.15, 0.2) is 0 Å². The topological polar surface area (TPSA) is 39.3 Å². The van der Waals surface area contributed by atoms with E-state index >= 15 is 0 Å². The maximum absolute atomic E-state index is 3.57. The van der Waals surface area contributed by atoms with E-state index in [2.05, 4.69) is 27.9 Å². The summed E-state index contributed by atoms with van der Waals surface area (Å²) in [4.78, 5) is 2.49. The first-order valence-electron chi connectivity index (χ1n) is 9.20. The Morgan fingerprint density at radius 3 is 1.09 bits per heavy atom. The second kappa shape index (κ2) is 20.9. The Balaban J connectivity index is 0. The van der Waals surface area contributed by atoms with Crippen LogP contribution in [0, 0.1) is 0 Å². The molecular formula is C17H38ClN4Ti+. The van der Waals surface area contributed by atoms with Crippen molar-refractivity contribution in [3.05, 3.63) is 0 Å². The van der Waals surface area contributed by atoms with Crippen LogP contribution >= 0.6 is 0 Å². The molecule has 0 aromatic rings. The molecule has 0 aromatic heterocycles. The molecule has 1 saturated heterocycles. The number of hydrogen-bond acceptors (Lipinski definition) is 4. The first-order valence-corrected chi connectivity index (χ1v) is 9.20. The first-order chi connectivity index (χ1) is 10.4. The molecule has 0 radical (unpaired) electrons. The Labute approximate surface area is 165 Å². The van der Waals surface area contributed by atoms with E-state index in [1.54, 1.807) is 0 Å². The predicted octanol–water partition coefficient (Wildman–Crippen LogP) is -1.18. The molecule has 0 saturated carbocycles. The van der Waals surface area contributed by atoms with Gasteiger partial charge in [0.05, 0.1) is 0 Å². The van der Waals surface area contributed by atoms with Gasteiger partial charge in [-0.2, -0.15) is 0 Å². The summed E-state index contributed by atoms with van der Waals surface area (Å²) in [7, 11) is 2.26. The van der Waals surface area contributed by atoms with Gasteiger partial charge < -0.3 is 33.3 Å². The fourth-order valence-corrected chi connectivity index (χ4v) is 2.75. The number of nitrogens with zero attached hydrogens (tertiary/aromatic N) is 1. The maximum Gasteiger partial charge on any atom is 2.00 e. The monoisotopic (exact) mass is 381 g/mol. The normalized spacial score (nSPS) is 22.3. The van der Waals surface area contributed by atoms with E-state index in [9.17, 15) is 0 Å². The van der Waals surface area contributed by atoms with Gasteiger partial charge in [0.25, 0.3) is 0 Å². The number of rotatable bonds is 0. The van der Waals surface area contributed by atoms with E-state index in [0.29, 0.717) is 0 Å². The summed E-state index contributed by atoms with van der Waals surface area (Å²) >= 11 is 0. The van der Waals surface area contributed by atoms with Gasteiger partial charge in [-0.3, -0.25) is 0 Å². The van der Waals surface area contributed by atoms with Crippen LogP contribution in [0.25, 0.3) is 0 Å². The van der Waals surface area contributed by atoms with Crippen molar-refractivity contribution in [2.45, 2.75) is 51.4 Å². The van der Waals surface area contributed by atoms with Gasteiger partial charge in [-0.25, -0.2) is 0 Å². The molecule has 3 N–H and O–H groups in total. The van der Waals surface area contributed by atoms with Gasteiger partial charge >= 0.3 is 21.7 Å². The van der Waals surface area contributed by atoms with Crippen LogP contribution in [-0.2, 0) is 21.7 Å². The van der Waals surface area contributed by atoms with Crippen LogP contribution in [0.3, 0.4) is 0 Å². The zero-order valence-corrected chi connectivity index (χ0v) is 17.5. The summed E-state index contributed by atoms with van der Waals surface area (Å²) in [5, 5.41) is 10.7. The summed E-state index contributed by atoms with van der Waals surface area (Å²) in [6, 6.07) is 0. The summed E-state index contributed by atoms with van der Waals surface area (Å²) < 4.78 is 0. The van der Waals surface area contributed by atoms with Crippen molar-refractivity contribution in [3.8, 4) is 0 Å². The van der Waals surface area contributed by atoms with Crippen molar-refractivity contribution < 1.29 is 34.1 Å². The van der Waals surface area contributed by atoms with E-state index in [1.165, 1.54) is 104 Å². The third-order valence-corrected chi connectivity index (χ3v) is 4.20. The SMILES string of the molecule is CN1CCCCNCCCCNCCCCNCCCC1.[Cl-].[Ti+2]. The molecule has 4 nitrogen and oxygen atoms in total.